The Morgan fingerprint density at radius 1 is 1.29 bits per heavy atom. The van der Waals surface area contributed by atoms with Gasteiger partial charge < -0.3 is 5.73 Å². The van der Waals surface area contributed by atoms with Gasteiger partial charge in [0.2, 0.25) is 0 Å². The molecule has 0 fully saturated rings. The maximum Gasteiger partial charge on any atom is -0.00117 e. The number of rotatable bonds is 3. The van der Waals surface area contributed by atoms with E-state index in [1.54, 1.807) is 6.20 Å². The molecule has 1 aromatic carbocycles. The highest BCUT2D eigenvalue weighted by atomic mass is 14.5. The van der Waals surface area contributed by atoms with E-state index in [1.807, 2.05) is 19.1 Å². The zero-order valence-electron chi connectivity index (χ0n) is 8.83. The lowest BCUT2D eigenvalue weighted by Gasteiger charge is -2.02. The lowest BCUT2D eigenvalue weighted by Crippen LogP contribution is -1.92. The van der Waals surface area contributed by atoms with Gasteiger partial charge in [0.1, 0.15) is 0 Å². The molecule has 0 unspecified atom stereocenters. The molecule has 74 valence electrons. The smallest absolute Gasteiger partial charge is 0.00117 e. The van der Waals surface area contributed by atoms with Crippen molar-refractivity contribution in [1.82, 2.24) is 0 Å². The van der Waals surface area contributed by atoms with Crippen molar-refractivity contribution in [2.75, 3.05) is 0 Å². The molecule has 0 saturated heterocycles. The van der Waals surface area contributed by atoms with Crippen LogP contribution in [0.4, 0.5) is 0 Å². The Kier molecular flexibility index (Phi) is 3.99. The van der Waals surface area contributed by atoms with E-state index in [2.05, 4.69) is 31.2 Å². The standard InChI is InChI=1S/C13H17N/c1-3-4-13(10-14)9-12-7-5-11(2)6-8-12/h3-8,10H,9,14H2,1-2H3/b4-3-,13-10+. The molecular formula is C13H17N. The maximum atomic E-state index is 5.52. The Bertz CT molecular complexity index is 331. The van der Waals surface area contributed by atoms with Gasteiger partial charge in [0, 0.05) is 0 Å². The number of allylic oxidation sites excluding steroid dienone is 3. The van der Waals surface area contributed by atoms with Crippen LogP contribution in [0.2, 0.25) is 0 Å². The average Bonchev–Trinajstić information content (AvgIpc) is 2.20. The van der Waals surface area contributed by atoms with E-state index < -0.39 is 0 Å². The Morgan fingerprint density at radius 3 is 2.43 bits per heavy atom. The summed E-state index contributed by atoms with van der Waals surface area (Å²) in [6.07, 6.45) is 6.62. The second-order valence-corrected chi connectivity index (χ2v) is 3.40. The minimum absolute atomic E-state index is 0.904. The quantitative estimate of drug-likeness (QED) is 0.723. The summed E-state index contributed by atoms with van der Waals surface area (Å²) in [5, 5.41) is 0. The van der Waals surface area contributed by atoms with E-state index in [4.69, 9.17) is 5.73 Å². The van der Waals surface area contributed by atoms with Crippen molar-refractivity contribution < 1.29 is 0 Å². The molecule has 1 heteroatoms. The molecule has 2 N–H and O–H groups in total. The summed E-state index contributed by atoms with van der Waals surface area (Å²) < 4.78 is 0. The van der Waals surface area contributed by atoms with Crippen LogP contribution in [0.5, 0.6) is 0 Å². The molecule has 0 saturated carbocycles. The van der Waals surface area contributed by atoms with Crippen molar-refractivity contribution in [2.45, 2.75) is 20.3 Å². The van der Waals surface area contributed by atoms with Crippen LogP contribution in [0.25, 0.3) is 0 Å². The maximum absolute atomic E-state index is 5.52. The molecule has 0 aromatic heterocycles. The van der Waals surface area contributed by atoms with E-state index in [9.17, 15) is 0 Å². The van der Waals surface area contributed by atoms with Crippen LogP contribution in [0.1, 0.15) is 18.1 Å². The van der Waals surface area contributed by atoms with Gasteiger partial charge in [0.15, 0.2) is 0 Å². The highest BCUT2D eigenvalue weighted by Crippen LogP contribution is 2.09. The summed E-state index contributed by atoms with van der Waals surface area (Å²) in [5.41, 5.74) is 9.26. The number of aryl methyl sites for hydroxylation is 1. The molecule has 0 aliphatic rings. The summed E-state index contributed by atoms with van der Waals surface area (Å²) in [5.74, 6) is 0. The third-order valence-electron chi connectivity index (χ3n) is 2.12. The Hall–Kier alpha value is -1.50. The second-order valence-electron chi connectivity index (χ2n) is 3.40. The third-order valence-corrected chi connectivity index (χ3v) is 2.12. The topological polar surface area (TPSA) is 26.0 Å². The van der Waals surface area contributed by atoms with Crippen molar-refractivity contribution in [3.05, 3.63) is 59.3 Å². The van der Waals surface area contributed by atoms with Crippen molar-refractivity contribution in [2.24, 2.45) is 5.73 Å². The number of hydrogen-bond donors (Lipinski definition) is 1. The summed E-state index contributed by atoms with van der Waals surface area (Å²) >= 11 is 0. The summed E-state index contributed by atoms with van der Waals surface area (Å²) in [4.78, 5) is 0. The fourth-order valence-corrected chi connectivity index (χ4v) is 1.33. The van der Waals surface area contributed by atoms with Crippen LogP contribution in [0.15, 0.2) is 48.2 Å². The molecule has 1 nitrogen and oxygen atoms in total. The molecule has 0 atom stereocenters. The minimum atomic E-state index is 0.904. The predicted molar refractivity (Wildman–Crippen MR) is 62.0 cm³/mol. The van der Waals surface area contributed by atoms with E-state index >= 15 is 0 Å². The molecule has 0 amide bonds. The first kappa shape index (κ1) is 10.6. The van der Waals surface area contributed by atoms with Gasteiger partial charge >= 0.3 is 0 Å². The van der Waals surface area contributed by atoms with Crippen LogP contribution in [0.3, 0.4) is 0 Å². The van der Waals surface area contributed by atoms with Gasteiger partial charge in [-0.1, -0.05) is 42.0 Å². The molecule has 1 aromatic rings. The van der Waals surface area contributed by atoms with Crippen LogP contribution in [0, 0.1) is 6.92 Å². The first-order valence-electron chi connectivity index (χ1n) is 4.85. The molecule has 0 bridgehead atoms. The molecular weight excluding hydrogens is 170 g/mol. The van der Waals surface area contributed by atoms with E-state index in [-0.39, 0.29) is 0 Å². The van der Waals surface area contributed by atoms with Crippen molar-refractivity contribution in [3.63, 3.8) is 0 Å². The predicted octanol–water partition coefficient (Wildman–Crippen LogP) is 2.96. The zero-order valence-corrected chi connectivity index (χ0v) is 8.83. The van der Waals surface area contributed by atoms with E-state index in [0.29, 0.717) is 0 Å². The summed E-state index contributed by atoms with van der Waals surface area (Å²) in [6, 6.07) is 8.53. The molecule has 1 rings (SSSR count). The monoisotopic (exact) mass is 187 g/mol. The average molecular weight is 187 g/mol. The van der Waals surface area contributed by atoms with E-state index in [1.165, 1.54) is 11.1 Å². The van der Waals surface area contributed by atoms with Gasteiger partial charge in [-0.05, 0) is 37.6 Å². The van der Waals surface area contributed by atoms with Gasteiger partial charge in [0.25, 0.3) is 0 Å². The molecule has 0 heterocycles. The van der Waals surface area contributed by atoms with Crippen LogP contribution in [-0.4, -0.2) is 0 Å². The van der Waals surface area contributed by atoms with Gasteiger partial charge in [-0.2, -0.15) is 0 Å². The molecule has 0 aliphatic carbocycles. The molecule has 14 heavy (non-hydrogen) atoms. The Balaban J connectivity index is 2.73. The fraction of sp³-hybridized carbons (Fsp3) is 0.231. The summed E-state index contributed by atoms with van der Waals surface area (Å²) in [7, 11) is 0. The number of benzene rings is 1. The fourth-order valence-electron chi connectivity index (χ4n) is 1.33. The van der Waals surface area contributed by atoms with Crippen LogP contribution >= 0.6 is 0 Å². The SMILES string of the molecule is C/C=C\C(=C/N)Cc1ccc(C)cc1. The molecule has 0 radical (unpaired) electrons. The summed E-state index contributed by atoms with van der Waals surface area (Å²) in [6.45, 7) is 4.09. The lowest BCUT2D eigenvalue weighted by atomic mass is 10.0. The van der Waals surface area contributed by atoms with Crippen molar-refractivity contribution in [3.8, 4) is 0 Å². The van der Waals surface area contributed by atoms with Gasteiger partial charge in [-0.15, -0.1) is 0 Å². The first-order chi connectivity index (χ1) is 6.76. The largest absolute Gasteiger partial charge is 0.404 e. The van der Waals surface area contributed by atoms with Gasteiger partial charge in [0.05, 0.1) is 0 Å². The van der Waals surface area contributed by atoms with Gasteiger partial charge in [-0.25, -0.2) is 0 Å². The van der Waals surface area contributed by atoms with E-state index in [0.717, 1.165) is 12.0 Å². The highest BCUT2D eigenvalue weighted by molar-refractivity contribution is 5.29. The minimum Gasteiger partial charge on any atom is -0.404 e. The number of hydrogen-bond acceptors (Lipinski definition) is 1. The molecule has 0 aliphatic heterocycles. The Labute approximate surface area is 85.9 Å². The third kappa shape index (κ3) is 3.09. The van der Waals surface area contributed by atoms with Gasteiger partial charge in [-0.3, -0.25) is 0 Å². The van der Waals surface area contributed by atoms with Crippen molar-refractivity contribution in [1.29, 1.82) is 0 Å². The highest BCUT2D eigenvalue weighted by Gasteiger charge is 1.95. The second kappa shape index (κ2) is 5.28. The van der Waals surface area contributed by atoms with Crippen LogP contribution in [-0.2, 0) is 6.42 Å². The van der Waals surface area contributed by atoms with Crippen molar-refractivity contribution >= 4 is 0 Å². The lowest BCUT2D eigenvalue weighted by molar-refractivity contribution is 1.17. The number of nitrogens with two attached hydrogens (primary N) is 1. The first-order valence-corrected chi connectivity index (χ1v) is 4.85. The molecule has 0 spiro atoms. The van der Waals surface area contributed by atoms with Crippen LogP contribution < -0.4 is 5.73 Å². The zero-order chi connectivity index (χ0) is 10.4. The Morgan fingerprint density at radius 2 is 1.93 bits per heavy atom. The normalized spacial score (nSPS) is 12.3.